The summed E-state index contributed by atoms with van der Waals surface area (Å²) in [5, 5.41) is 3.16. The molecule has 0 saturated heterocycles. The summed E-state index contributed by atoms with van der Waals surface area (Å²) >= 11 is 1.21. The quantitative estimate of drug-likeness (QED) is 0.557. The number of benzene rings is 2. The lowest BCUT2D eigenvalue weighted by Gasteiger charge is -2.35. The van der Waals surface area contributed by atoms with Gasteiger partial charge in [-0.1, -0.05) is 18.2 Å². The Hall–Kier alpha value is -3.59. The monoisotopic (exact) mass is 423 g/mol. The van der Waals surface area contributed by atoms with Crippen LogP contribution in [0.25, 0.3) is 0 Å². The number of hydrogen-bond acceptors (Lipinski definition) is 6. The van der Waals surface area contributed by atoms with Crippen LogP contribution in [0.15, 0.2) is 48.5 Å². The van der Waals surface area contributed by atoms with Crippen LogP contribution in [0.4, 0.5) is 16.2 Å². The Morgan fingerprint density at radius 2 is 1.93 bits per heavy atom. The van der Waals surface area contributed by atoms with E-state index in [4.69, 9.17) is 16.2 Å². The first-order valence-electron chi connectivity index (χ1n) is 9.33. The van der Waals surface area contributed by atoms with E-state index in [1.54, 1.807) is 42.3 Å². The number of nitrogen functional groups attached to an aromatic ring is 1. The molecule has 5 N–H and O–H groups in total. The molecule has 1 atom stereocenters. The minimum atomic E-state index is -0.580. The van der Waals surface area contributed by atoms with Crippen LogP contribution >= 0.6 is 11.3 Å². The summed E-state index contributed by atoms with van der Waals surface area (Å²) in [5.74, 6) is 0.123. The third kappa shape index (κ3) is 3.67. The second-order valence-corrected chi connectivity index (χ2v) is 7.86. The fourth-order valence-corrected chi connectivity index (χ4v) is 4.61. The largest absolute Gasteiger partial charge is 0.497 e. The number of carbonyl (C=O) groups is 2. The maximum Gasteiger partial charge on any atom is 0.322 e. The van der Waals surface area contributed by atoms with Gasteiger partial charge in [-0.15, -0.1) is 11.3 Å². The van der Waals surface area contributed by atoms with Crippen LogP contribution in [0.1, 0.15) is 32.0 Å². The number of primary amides is 1. The predicted octanol–water partition coefficient (Wildman–Crippen LogP) is 3.01. The minimum Gasteiger partial charge on any atom is -0.497 e. The molecule has 3 aromatic rings. The summed E-state index contributed by atoms with van der Waals surface area (Å²) < 4.78 is 5.16. The van der Waals surface area contributed by atoms with Gasteiger partial charge in [0.15, 0.2) is 5.01 Å². The molecule has 0 spiro atoms. The topological polar surface area (TPSA) is 124 Å². The lowest BCUT2D eigenvalue weighted by molar-refractivity contribution is 0.0999. The first kappa shape index (κ1) is 19.7. The molecule has 9 heteroatoms. The Balaban J connectivity index is 1.71. The number of nitrogens with one attached hydrogen (secondary N) is 1. The van der Waals surface area contributed by atoms with Gasteiger partial charge in [0.05, 0.1) is 23.7 Å². The van der Waals surface area contributed by atoms with Crippen molar-refractivity contribution >= 4 is 34.6 Å². The number of rotatable bonds is 4. The Labute approximate surface area is 177 Å². The van der Waals surface area contributed by atoms with Crippen LogP contribution in [0.3, 0.4) is 0 Å². The van der Waals surface area contributed by atoms with Crippen LogP contribution in [-0.2, 0) is 6.42 Å². The molecular weight excluding hydrogens is 402 g/mol. The van der Waals surface area contributed by atoms with Crippen molar-refractivity contribution in [2.45, 2.75) is 12.5 Å². The van der Waals surface area contributed by atoms with Gasteiger partial charge in [-0.2, -0.15) is 0 Å². The third-order valence-corrected chi connectivity index (χ3v) is 6.15. The average molecular weight is 423 g/mol. The van der Waals surface area contributed by atoms with Crippen LogP contribution in [0.5, 0.6) is 5.75 Å². The van der Waals surface area contributed by atoms with Crippen molar-refractivity contribution in [2.24, 2.45) is 5.73 Å². The first-order chi connectivity index (χ1) is 14.5. The molecule has 154 valence electrons. The van der Waals surface area contributed by atoms with E-state index in [0.717, 1.165) is 16.1 Å². The molecule has 2 heterocycles. The summed E-state index contributed by atoms with van der Waals surface area (Å²) in [6.45, 7) is 0.427. The molecule has 0 fully saturated rings. The summed E-state index contributed by atoms with van der Waals surface area (Å²) in [7, 11) is 1.59. The van der Waals surface area contributed by atoms with Crippen molar-refractivity contribution in [1.29, 1.82) is 0 Å². The highest BCUT2D eigenvalue weighted by Crippen LogP contribution is 2.40. The zero-order chi connectivity index (χ0) is 21.3. The zero-order valence-corrected chi connectivity index (χ0v) is 17.1. The number of ether oxygens (including phenoxy) is 1. The van der Waals surface area contributed by atoms with Gasteiger partial charge in [0.25, 0.3) is 5.91 Å². The molecule has 0 radical (unpaired) electrons. The SMILES string of the molecule is COc1ccc(NC(=O)N2CCc3nc(C(N)=O)sc3C2c2ccccc2N)cc1. The number of nitrogens with zero attached hydrogens (tertiary/aromatic N) is 2. The van der Waals surface area contributed by atoms with Crippen molar-refractivity contribution in [3.63, 3.8) is 0 Å². The minimum absolute atomic E-state index is 0.233. The molecule has 1 aliphatic rings. The summed E-state index contributed by atoms with van der Waals surface area (Å²) in [4.78, 5) is 31.8. The maximum absolute atomic E-state index is 13.2. The highest BCUT2D eigenvalue weighted by atomic mass is 32.1. The zero-order valence-electron chi connectivity index (χ0n) is 16.3. The van der Waals surface area contributed by atoms with Crippen LogP contribution in [0, 0.1) is 0 Å². The van der Waals surface area contributed by atoms with E-state index in [-0.39, 0.29) is 11.0 Å². The maximum atomic E-state index is 13.2. The number of methoxy groups -OCH3 is 1. The first-order valence-corrected chi connectivity index (χ1v) is 10.1. The van der Waals surface area contributed by atoms with Gasteiger partial charge >= 0.3 is 6.03 Å². The van der Waals surface area contributed by atoms with E-state index < -0.39 is 11.9 Å². The molecule has 30 heavy (non-hydrogen) atoms. The van der Waals surface area contributed by atoms with E-state index in [1.807, 2.05) is 18.2 Å². The molecule has 0 aliphatic carbocycles. The van der Waals surface area contributed by atoms with Crippen molar-refractivity contribution < 1.29 is 14.3 Å². The van der Waals surface area contributed by atoms with E-state index in [2.05, 4.69) is 10.3 Å². The summed E-state index contributed by atoms with van der Waals surface area (Å²) in [6, 6.07) is 13.8. The van der Waals surface area contributed by atoms with E-state index >= 15 is 0 Å². The van der Waals surface area contributed by atoms with Crippen molar-refractivity contribution in [3.8, 4) is 5.75 Å². The fraction of sp³-hybridized carbons (Fsp3) is 0.190. The second kappa shape index (κ2) is 8.03. The normalized spacial score (nSPS) is 15.4. The lowest BCUT2D eigenvalue weighted by Crippen LogP contribution is -2.42. The molecule has 0 saturated carbocycles. The number of anilines is 2. The molecular formula is C21H21N5O3S. The molecule has 0 bridgehead atoms. The van der Waals surface area contributed by atoms with Crippen LogP contribution < -0.4 is 21.5 Å². The van der Waals surface area contributed by atoms with Crippen LogP contribution in [0.2, 0.25) is 0 Å². The molecule has 3 amide bonds. The Kier molecular flexibility index (Phi) is 5.28. The number of nitrogens with two attached hydrogens (primary N) is 2. The summed E-state index contributed by atoms with van der Waals surface area (Å²) in [6.07, 6.45) is 0.526. The number of urea groups is 1. The van der Waals surface area contributed by atoms with E-state index in [0.29, 0.717) is 30.1 Å². The number of carbonyl (C=O) groups excluding carboxylic acids is 2. The molecule has 2 aromatic carbocycles. The molecule has 1 aromatic heterocycles. The van der Waals surface area contributed by atoms with Gasteiger partial charge in [-0.25, -0.2) is 9.78 Å². The number of hydrogen-bond donors (Lipinski definition) is 3. The molecule has 1 unspecified atom stereocenters. The number of para-hydroxylation sites is 1. The standard InChI is InChI=1S/C21H21N5O3S/c1-29-13-8-6-12(7-9-13)24-21(28)26-11-10-16-18(30-20(25-16)19(23)27)17(26)14-4-2-3-5-15(14)22/h2-9,17H,10-11,22H2,1H3,(H2,23,27)(H,24,28). The van der Waals surface area contributed by atoms with Crippen molar-refractivity contribution in [1.82, 2.24) is 9.88 Å². The van der Waals surface area contributed by atoms with Crippen LogP contribution in [-0.4, -0.2) is 35.5 Å². The molecule has 1 aliphatic heterocycles. The van der Waals surface area contributed by atoms with E-state index in [1.165, 1.54) is 11.3 Å². The Morgan fingerprint density at radius 3 is 2.60 bits per heavy atom. The number of fused-ring (bicyclic) bond motifs is 1. The van der Waals surface area contributed by atoms with Crippen molar-refractivity contribution in [3.05, 3.63) is 69.7 Å². The fourth-order valence-electron chi connectivity index (χ4n) is 3.52. The Morgan fingerprint density at radius 1 is 1.20 bits per heavy atom. The third-order valence-electron chi connectivity index (χ3n) is 4.98. The molecule has 4 rings (SSSR count). The average Bonchev–Trinajstić information content (AvgIpc) is 3.19. The van der Waals surface area contributed by atoms with Gasteiger partial charge < -0.3 is 26.4 Å². The lowest BCUT2D eigenvalue weighted by atomic mass is 9.96. The van der Waals surface area contributed by atoms with Gasteiger partial charge in [0.1, 0.15) is 5.75 Å². The van der Waals surface area contributed by atoms with Gasteiger partial charge in [-0.3, -0.25) is 4.79 Å². The highest BCUT2D eigenvalue weighted by molar-refractivity contribution is 7.13. The Bertz CT molecular complexity index is 1100. The predicted molar refractivity (Wildman–Crippen MR) is 116 cm³/mol. The van der Waals surface area contributed by atoms with Crippen molar-refractivity contribution in [2.75, 3.05) is 24.7 Å². The smallest absolute Gasteiger partial charge is 0.322 e. The highest BCUT2D eigenvalue weighted by Gasteiger charge is 2.36. The molecule has 8 nitrogen and oxygen atoms in total. The van der Waals surface area contributed by atoms with Gasteiger partial charge in [0, 0.05) is 29.9 Å². The summed E-state index contributed by atoms with van der Waals surface area (Å²) in [5.41, 5.74) is 14.4. The van der Waals surface area contributed by atoms with Gasteiger partial charge in [-0.05, 0) is 30.3 Å². The number of aromatic nitrogens is 1. The van der Waals surface area contributed by atoms with Gasteiger partial charge in [0.2, 0.25) is 0 Å². The number of amides is 3. The van der Waals surface area contributed by atoms with E-state index in [9.17, 15) is 9.59 Å². The second-order valence-electron chi connectivity index (χ2n) is 6.83. The number of thiazole rings is 1.